The summed E-state index contributed by atoms with van der Waals surface area (Å²) < 4.78 is 0. The third kappa shape index (κ3) is 3.50. The first-order valence-corrected chi connectivity index (χ1v) is 7.67. The number of halogens is 1. The first kappa shape index (κ1) is 16.6. The van der Waals surface area contributed by atoms with E-state index in [-0.39, 0.29) is 5.41 Å². The van der Waals surface area contributed by atoms with Crippen LogP contribution in [0, 0.1) is 0 Å². The van der Waals surface area contributed by atoms with Crippen molar-refractivity contribution in [2.75, 3.05) is 0 Å². The molecule has 0 aliphatic rings. The van der Waals surface area contributed by atoms with E-state index in [0.29, 0.717) is 16.3 Å². The van der Waals surface area contributed by atoms with Crippen LogP contribution < -0.4 is 4.89 Å². The van der Waals surface area contributed by atoms with E-state index < -0.39 is 5.97 Å². The summed E-state index contributed by atoms with van der Waals surface area (Å²) in [7, 11) is 0. The Kier molecular flexibility index (Phi) is 4.91. The smallest absolute Gasteiger partial charge is 0.285 e. The molecule has 2 rings (SSSR count). The summed E-state index contributed by atoms with van der Waals surface area (Å²) in [6.07, 6.45) is 3.98. The van der Waals surface area contributed by atoms with Crippen molar-refractivity contribution in [2.24, 2.45) is 0 Å². The Morgan fingerprint density at radius 2 is 2.09 bits per heavy atom. The number of nitrogens with zero attached hydrogens (tertiary/aromatic N) is 1. The molecule has 5 heteroatoms. The van der Waals surface area contributed by atoms with Crippen molar-refractivity contribution in [2.45, 2.75) is 46.0 Å². The summed E-state index contributed by atoms with van der Waals surface area (Å²) >= 11 is 6.29. The van der Waals surface area contributed by atoms with Gasteiger partial charge in [0.05, 0.1) is 5.02 Å². The lowest BCUT2D eigenvalue weighted by Gasteiger charge is -2.24. The molecule has 0 spiro atoms. The zero-order chi connectivity index (χ0) is 16.3. The zero-order valence-corrected chi connectivity index (χ0v) is 14.0. The standard InChI is InChI=1S/C17H20ClNO3/c1-5-8-17(3,4)12-9-13-14(18)6-7-15(16(13)19-10-12)22-21-11(2)20/h6-7,9-10H,5,8H2,1-4H3. The second-order valence-corrected chi connectivity index (χ2v) is 6.37. The predicted octanol–water partition coefficient (Wildman–Crippen LogP) is 4.82. The topological polar surface area (TPSA) is 48.4 Å². The van der Waals surface area contributed by atoms with Crippen LogP contribution in [0.3, 0.4) is 0 Å². The Bertz CT molecular complexity index is 698. The maximum absolute atomic E-state index is 10.9. The van der Waals surface area contributed by atoms with E-state index in [0.717, 1.165) is 23.8 Å². The molecule has 0 saturated carbocycles. The van der Waals surface area contributed by atoms with E-state index in [9.17, 15) is 4.79 Å². The summed E-state index contributed by atoms with van der Waals surface area (Å²) in [6, 6.07) is 5.37. The van der Waals surface area contributed by atoms with E-state index in [4.69, 9.17) is 16.5 Å². The molecule has 0 unspecified atom stereocenters. The first-order chi connectivity index (χ1) is 10.3. The Balaban J connectivity index is 2.48. The lowest BCUT2D eigenvalue weighted by molar-refractivity contribution is -0.210. The molecule has 0 amide bonds. The third-order valence-electron chi connectivity index (χ3n) is 3.66. The molecule has 118 valence electrons. The molecule has 0 radical (unpaired) electrons. The van der Waals surface area contributed by atoms with Crippen LogP contribution in [0.15, 0.2) is 24.4 Å². The fourth-order valence-electron chi connectivity index (χ4n) is 2.47. The minimum Gasteiger partial charge on any atom is -0.285 e. The minimum atomic E-state index is -0.524. The SMILES string of the molecule is CCCC(C)(C)c1cnc2c(OOC(C)=O)ccc(Cl)c2c1. The largest absolute Gasteiger partial charge is 0.352 e. The van der Waals surface area contributed by atoms with Gasteiger partial charge in [0, 0.05) is 18.5 Å². The van der Waals surface area contributed by atoms with Crippen LogP contribution in [0.5, 0.6) is 5.75 Å². The van der Waals surface area contributed by atoms with Crippen molar-refractivity contribution in [3.63, 3.8) is 0 Å². The number of hydrogen-bond donors (Lipinski definition) is 0. The molecule has 0 bridgehead atoms. The van der Waals surface area contributed by atoms with E-state index in [1.54, 1.807) is 12.1 Å². The number of benzene rings is 1. The van der Waals surface area contributed by atoms with E-state index in [1.165, 1.54) is 6.92 Å². The molecule has 0 saturated heterocycles. The van der Waals surface area contributed by atoms with E-state index in [2.05, 4.69) is 30.6 Å². The van der Waals surface area contributed by atoms with Gasteiger partial charge >= 0.3 is 5.97 Å². The van der Waals surface area contributed by atoms with Gasteiger partial charge in [-0.3, -0.25) is 14.8 Å². The van der Waals surface area contributed by atoms with Crippen molar-refractivity contribution >= 4 is 28.5 Å². The molecule has 1 aromatic heterocycles. The second kappa shape index (κ2) is 6.53. The summed E-state index contributed by atoms with van der Waals surface area (Å²) in [6.45, 7) is 7.81. The Morgan fingerprint density at radius 1 is 1.36 bits per heavy atom. The quantitative estimate of drug-likeness (QED) is 0.585. The Labute approximate surface area is 135 Å². The Hall–Kier alpha value is -1.81. The molecular weight excluding hydrogens is 302 g/mol. The first-order valence-electron chi connectivity index (χ1n) is 7.29. The second-order valence-electron chi connectivity index (χ2n) is 5.96. The summed E-state index contributed by atoms with van der Waals surface area (Å²) in [5, 5.41) is 1.37. The molecule has 0 fully saturated rings. The van der Waals surface area contributed by atoms with Gasteiger partial charge in [0.25, 0.3) is 0 Å². The van der Waals surface area contributed by atoms with Gasteiger partial charge in [0.2, 0.25) is 5.75 Å². The molecule has 1 aromatic carbocycles. The number of rotatable bonds is 5. The van der Waals surface area contributed by atoms with E-state index >= 15 is 0 Å². The van der Waals surface area contributed by atoms with Crippen LogP contribution >= 0.6 is 11.6 Å². The number of carbonyl (C=O) groups is 1. The maximum Gasteiger partial charge on any atom is 0.352 e. The van der Waals surface area contributed by atoms with Gasteiger partial charge in [0.1, 0.15) is 5.52 Å². The summed E-state index contributed by atoms with van der Waals surface area (Å²) in [5.41, 5.74) is 1.71. The van der Waals surface area contributed by atoms with Crippen LogP contribution in [0.1, 0.15) is 46.1 Å². The van der Waals surface area contributed by atoms with Crippen molar-refractivity contribution in [1.29, 1.82) is 0 Å². The number of aromatic nitrogens is 1. The molecular formula is C17H20ClNO3. The third-order valence-corrected chi connectivity index (χ3v) is 3.99. The molecule has 22 heavy (non-hydrogen) atoms. The van der Waals surface area contributed by atoms with Gasteiger partial charge in [-0.2, -0.15) is 0 Å². The lowest BCUT2D eigenvalue weighted by atomic mass is 9.81. The van der Waals surface area contributed by atoms with Gasteiger partial charge in [-0.25, -0.2) is 4.79 Å². The van der Waals surface area contributed by atoms with Crippen LogP contribution in [0.2, 0.25) is 5.02 Å². The summed E-state index contributed by atoms with van der Waals surface area (Å²) in [5.74, 6) is -0.154. The predicted molar refractivity (Wildman–Crippen MR) is 87.1 cm³/mol. The highest BCUT2D eigenvalue weighted by Crippen LogP contribution is 2.35. The summed E-state index contributed by atoms with van der Waals surface area (Å²) in [4.78, 5) is 25.0. The average Bonchev–Trinajstić information content (AvgIpc) is 2.46. The van der Waals surface area contributed by atoms with Crippen LogP contribution in [-0.4, -0.2) is 11.0 Å². The van der Waals surface area contributed by atoms with Crippen LogP contribution in [0.4, 0.5) is 0 Å². The van der Waals surface area contributed by atoms with Crippen LogP contribution in [0.25, 0.3) is 10.9 Å². The van der Waals surface area contributed by atoms with Gasteiger partial charge in [-0.15, -0.1) is 0 Å². The molecule has 1 heterocycles. The molecule has 0 atom stereocenters. The number of fused-ring (bicyclic) bond motifs is 1. The number of pyridine rings is 1. The highest BCUT2D eigenvalue weighted by atomic mass is 35.5. The fourth-order valence-corrected chi connectivity index (χ4v) is 2.68. The van der Waals surface area contributed by atoms with Gasteiger partial charge in [-0.1, -0.05) is 38.8 Å². The van der Waals surface area contributed by atoms with Crippen molar-refractivity contribution in [1.82, 2.24) is 4.98 Å². The van der Waals surface area contributed by atoms with Crippen molar-refractivity contribution < 1.29 is 14.6 Å². The highest BCUT2D eigenvalue weighted by Gasteiger charge is 2.21. The number of hydrogen-bond acceptors (Lipinski definition) is 4. The van der Waals surface area contributed by atoms with Gasteiger partial charge in [-0.05, 0) is 35.6 Å². The highest BCUT2D eigenvalue weighted by molar-refractivity contribution is 6.35. The lowest BCUT2D eigenvalue weighted by Crippen LogP contribution is -2.17. The maximum atomic E-state index is 10.9. The molecule has 0 N–H and O–H groups in total. The zero-order valence-electron chi connectivity index (χ0n) is 13.3. The molecule has 4 nitrogen and oxygen atoms in total. The average molecular weight is 322 g/mol. The van der Waals surface area contributed by atoms with Crippen molar-refractivity contribution in [3.8, 4) is 5.75 Å². The monoisotopic (exact) mass is 321 g/mol. The Morgan fingerprint density at radius 3 is 2.73 bits per heavy atom. The molecule has 2 aromatic rings. The molecule has 0 aliphatic carbocycles. The normalized spacial score (nSPS) is 11.5. The van der Waals surface area contributed by atoms with Gasteiger partial charge in [0.15, 0.2) is 0 Å². The van der Waals surface area contributed by atoms with Crippen LogP contribution in [-0.2, 0) is 15.1 Å². The van der Waals surface area contributed by atoms with E-state index in [1.807, 2.05) is 12.3 Å². The molecule has 0 aliphatic heterocycles. The van der Waals surface area contributed by atoms with Crippen molar-refractivity contribution in [3.05, 3.63) is 35.0 Å². The minimum absolute atomic E-state index is 0.0199. The number of carbonyl (C=O) groups excluding carboxylic acids is 1. The van der Waals surface area contributed by atoms with Gasteiger partial charge < -0.3 is 0 Å². The fraction of sp³-hybridized carbons (Fsp3) is 0.412.